The zero-order valence-electron chi connectivity index (χ0n) is 13.8. The summed E-state index contributed by atoms with van der Waals surface area (Å²) in [4.78, 5) is 16.6. The van der Waals surface area contributed by atoms with Crippen molar-refractivity contribution in [2.24, 2.45) is 0 Å². The van der Waals surface area contributed by atoms with Crippen molar-refractivity contribution in [3.8, 4) is 0 Å². The number of halogens is 1. The molecule has 2 aromatic carbocycles. The lowest BCUT2D eigenvalue weighted by Crippen LogP contribution is -2.49. The fraction of sp³-hybridized carbons (Fsp3) is 0.316. The third kappa shape index (κ3) is 4.36. The van der Waals surface area contributed by atoms with E-state index in [0.717, 1.165) is 42.9 Å². The Hall–Kier alpha value is -1.85. The van der Waals surface area contributed by atoms with Gasteiger partial charge >= 0.3 is 6.03 Å². The molecular formula is C19H22BrN3O. The summed E-state index contributed by atoms with van der Waals surface area (Å²) < 4.78 is 1.00. The third-order valence-corrected chi connectivity index (χ3v) is 4.94. The van der Waals surface area contributed by atoms with Gasteiger partial charge in [0.05, 0.1) is 0 Å². The summed E-state index contributed by atoms with van der Waals surface area (Å²) in [5.74, 6) is 0. The zero-order chi connectivity index (χ0) is 16.9. The summed E-state index contributed by atoms with van der Waals surface area (Å²) >= 11 is 3.40. The first kappa shape index (κ1) is 17.0. The molecule has 126 valence electrons. The number of anilines is 1. The van der Waals surface area contributed by atoms with Gasteiger partial charge in [-0.05, 0) is 42.3 Å². The van der Waals surface area contributed by atoms with Crippen LogP contribution < -0.4 is 5.32 Å². The van der Waals surface area contributed by atoms with Crippen molar-refractivity contribution < 1.29 is 4.79 Å². The standard InChI is InChI=1S/C19H22BrN3O/c1-15-4-2-3-5-16(15)14-22-10-12-23(13-11-22)19(24)21-18-8-6-17(20)7-9-18/h2-9H,10-14H2,1H3,(H,21,24). The molecule has 24 heavy (non-hydrogen) atoms. The molecular weight excluding hydrogens is 366 g/mol. The molecule has 3 rings (SSSR count). The highest BCUT2D eigenvalue weighted by atomic mass is 79.9. The summed E-state index contributed by atoms with van der Waals surface area (Å²) in [7, 11) is 0. The molecule has 1 N–H and O–H groups in total. The van der Waals surface area contributed by atoms with Crippen LogP contribution in [0.15, 0.2) is 53.0 Å². The van der Waals surface area contributed by atoms with Gasteiger partial charge < -0.3 is 10.2 Å². The Balaban J connectivity index is 1.50. The monoisotopic (exact) mass is 387 g/mol. The summed E-state index contributed by atoms with van der Waals surface area (Å²) in [5, 5.41) is 2.96. The molecule has 2 amide bonds. The largest absolute Gasteiger partial charge is 0.322 e. The first-order valence-electron chi connectivity index (χ1n) is 8.20. The fourth-order valence-electron chi connectivity index (χ4n) is 2.87. The molecule has 0 aromatic heterocycles. The number of nitrogens with one attached hydrogen (secondary N) is 1. The van der Waals surface area contributed by atoms with Crippen molar-refractivity contribution in [1.29, 1.82) is 0 Å². The van der Waals surface area contributed by atoms with Gasteiger partial charge in [0.25, 0.3) is 0 Å². The topological polar surface area (TPSA) is 35.6 Å². The summed E-state index contributed by atoms with van der Waals surface area (Å²) in [6.45, 7) is 6.43. The predicted molar refractivity (Wildman–Crippen MR) is 101 cm³/mol. The highest BCUT2D eigenvalue weighted by Crippen LogP contribution is 2.16. The van der Waals surface area contributed by atoms with Crippen molar-refractivity contribution in [2.45, 2.75) is 13.5 Å². The Kier molecular flexibility index (Phi) is 5.53. The van der Waals surface area contributed by atoms with E-state index in [1.54, 1.807) is 0 Å². The van der Waals surface area contributed by atoms with E-state index in [-0.39, 0.29) is 6.03 Å². The maximum absolute atomic E-state index is 12.4. The lowest BCUT2D eigenvalue weighted by molar-refractivity contribution is 0.143. The molecule has 5 heteroatoms. The molecule has 1 aliphatic rings. The highest BCUT2D eigenvalue weighted by molar-refractivity contribution is 9.10. The molecule has 1 aliphatic heterocycles. The van der Waals surface area contributed by atoms with Crippen LogP contribution in [-0.4, -0.2) is 42.0 Å². The molecule has 0 atom stereocenters. The van der Waals surface area contributed by atoms with Gasteiger partial charge in [-0.25, -0.2) is 4.79 Å². The highest BCUT2D eigenvalue weighted by Gasteiger charge is 2.21. The number of carbonyl (C=O) groups is 1. The van der Waals surface area contributed by atoms with Gasteiger partial charge in [-0.1, -0.05) is 40.2 Å². The molecule has 0 saturated carbocycles. The minimum atomic E-state index is -0.0205. The first-order valence-corrected chi connectivity index (χ1v) is 8.99. The molecule has 0 radical (unpaired) electrons. The number of nitrogens with zero attached hydrogens (tertiary/aromatic N) is 2. The van der Waals surface area contributed by atoms with Crippen LogP contribution in [0.2, 0.25) is 0 Å². The van der Waals surface area contributed by atoms with E-state index in [9.17, 15) is 4.79 Å². The van der Waals surface area contributed by atoms with E-state index >= 15 is 0 Å². The van der Waals surface area contributed by atoms with Gasteiger partial charge in [0.2, 0.25) is 0 Å². The Morgan fingerprint density at radius 1 is 1.04 bits per heavy atom. The third-order valence-electron chi connectivity index (χ3n) is 4.41. The average Bonchev–Trinajstić information content (AvgIpc) is 2.59. The van der Waals surface area contributed by atoms with Gasteiger partial charge in [-0.3, -0.25) is 4.90 Å². The van der Waals surface area contributed by atoms with Crippen LogP contribution in [0.5, 0.6) is 0 Å². The Morgan fingerprint density at radius 2 is 1.71 bits per heavy atom. The Labute approximate surface area is 151 Å². The van der Waals surface area contributed by atoms with Crippen LogP contribution in [-0.2, 0) is 6.54 Å². The zero-order valence-corrected chi connectivity index (χ0v) is 15.4. The second kappa shape index (κ2) is 7.81. The van der Waals surface area contributed by atoms with Crippen LogP contribution in [0, 0.1) is 6.92 Å². The van der Waals surface area contributed by atoms with Crippen molar-refractivity contribution >= 4 is 27.6 Å². The molecule has 4 nitrogen and oxygen atoms in total. The number of amides is 2. The molecule has 1 saturated heterocycles. The number of benzene rings is 2. The number of hydrogen-bond acceptors (Lipinski definition) is 2. The predicted octanol–water partition coefficient (Wildman–Crippen LogP) is 4.11. The van der Waals surface area contributed by atoms with E-state index in [2.05, 4.69) is 57.3 Å². The normalized spacial score (nSPS) is 15.3. The summed E-state index contributed by atoms with van der Waals surface area (Å²) in [6, 6.07) is 16.1. The number of hydrogen-bond donors (Lipinski definition) is 1. The van der Waals surface area contributed by atoms with E-state index in [1.807, 2.05) is 29.2 Å². The smallest absolute Gasteiger partial charge is 0.321 e. The van der Waals surface area contributed by atoms with Crippen molar-refractivity contribution in [3.63, 3.8) is 0 Å². The number of piperazine rings is 1. The fourth-order valence-corrected chi connectivity index (χ4v) is 3.14. The van der Waals surface area contributed by atoms with Crippen molar-refractivity contribution in [3.05, 3.63) is 64.1 Å². The Bertz CT molecular complexity index is 694. The molecule has 0 aliphatic carbocycles. The lowest BCUT2D eigenvalue weighted by Gasteiger charge is -2.35. The lowest BCUT2D eigenvalue weighted by atomic mass is 10.1. The van der Waals surface area contributed by atoms with Gasteiger partial charge in [-0.2, -0.15) is 0 Å². The molecule has 0 unspecified atom stereocenters. The van der Waals surface area contributed by atoms with Gasteiger partial charge in [0.15, 0.2) is 0 Å². The van der Waals surface area contributed by atoms with E-state index < -0.39 is 0 Å². The SMILES string of the molecule is Cc1ccccc1CN1CCN(C(=O)Nc2ccc(Br)cc2)CC1. The Morgan fingerprint density at radius 3 is 2.38 bits per heavy atom. The maximum Gasteiger partial charge on any atom is 0.321 e. The van der Waals surface area contributed by atoms with E-state index in [4.69, 9.17) is 0 Å². The second-order valence-electron chi connectivity index (χ2n) is 6.13. The van der Waals surface area contributed by atoms with Crippen LogP contribution in [0.3, 0.4) is 0 Å². The van der Waals surface area contributed by atoms with Crippen LogP contribution in [0.25, 0.3) is 0 Å². The maximum atomic E-state index is 12.4. The summed E-state index contributed by atoms with van der Waals surface area (Å²) in [5.41, 5.74) is 3.52. The average molecular weight is 388 g/mol. The van der Waals surface area contributed by atoms with Crippen molar-refractivity contribution in [2.75, 3.05) is 31.5 Å². The first-order chi connectivity index (χ1) is 11.6. The van der Waals surface area contributed by atoms with Gasteiger partial charge in [0, 0.05) is 42.9 Å². The van der Waals surface area contributed by atoms with E-state index in [0.29, 0.717) is 0 Å². The van der Waals surface area contributed by atoms with Crippen molar-refractivity contribution in [1.82, 2.24) is 9.80 Å². The van der Waals surface area contributed by atoms with Gasteiger partial charge in [-0.15, -0.1) is 0 Å². The molecule has 1 fully saturated rings. The molecule has 1 heterocycles. The van der Waals surface area contributed by atoms with Crippen LogP contribution in [0.4, 0.5) is 10.5 Å². The van der Waals surface area contributed by atoms with E-state index in [1.165, 1.54) is 11.1 Å². The molecule has 0 bridgehead atoms. The minimum absolute atomic E-state index is 0.0205. The number of carbonyl (C=O) groups excluding carboxylic acids is 1. The van der Waals surface area contributed by atoms with Crippen LogP contribution in [0.1, 0.15) is 11.1 Å². The second-order valence-corrected chi connectivity index (χ2v) is 7.04. The molecule has 0 spiro atoms. The summed E-state index contributed by atoms with van der Waals surface area (Å²) in [6.07, 6.45) is 0. The quantitative estimate of drug-likeness (QED) is 0.859. The number of rotatable bonds is 3. The number of urea groups is 1. The number of aryl methyl sites for hydroxylation is 1. The minimum Gasteiger partial charge on any atom is -0.322 e. The van der Waals surface area contributed by atoms with Crippen LogP contribution >= 0.6 is 15.9 Å². The van der Waals surface area contributed by atoms with Gasteiger partial charge in [0.1, 0.15) is 0 Å². The molecule has 2 aromatic rings.